The first-order valence-electron chi connectivity index (χ1n) is 7.12. The Balaban J connectivity index is 2.00. The van der Waals surface area contributed by atoms with Crippen LogP contribution in [-0.2, 0) is 6.42 Å². The first-order chi connectivity index (χ1) is 10.1. The van der Waals surface area contributed by atoms with E-state index in [1.54, 1.807) is 7.11 Å². The van der Waals surface area contributed by atoms with Crippen molar-refractivity contribution in [2.24, 2.45) is 0 Å². The molecule has 0 aliphatic carbocycles. The van der Waals surface area contributed by atoms with Gasteiger partial charge in [0.05, 0.1) is 13.2 Å². The summed E-state index contributed by atoms with van der Waals surface area (Å²) in [6, 6.07) is 16.5. The SMILES string of the molecule is COc1ccc(CC(Br)c2ccc(OC(C)C)cc2)cc1. The maximum atomic E-state index is 5.66. The van der Waals surface area contributed by atoms with Crippen LogP contribution in [-0.4, -0.2) is 13.2 Å². The van der Waals surface area contributed by atoms with E-state index in [4.69, 9.17) is 9.47 Å². The second kappa shape index (κ2) is 7.51. The van der Waals surface area contributed by atoms with E-state index in [9.17, 15) is 0 Å². The van der Waals surface area contributed by atoms with Crippen LogP contribution in [0, 0.1) is 0 Å². The minimum absolute atomic E-state index is 0.204. The summed E-state index contributed by atoms with van der Waals surface area (Å²) in [5.41, 5.74) is 2.53. The number of rotatable bonds is 6. The third-order valence-electron chi connectivity index (χ3n) is 3.19. The van der Waals surface area contributed by atoms with E-state index in [1.165, 1.54) is 11.1 Å². The van der Waals surface area contributed by atoms with E-state index in [0.29, 0.717) is 4.83 Å². The summed E-state index contributed by atoms with van der Waals surface area (Å²) < 4.78 is 10.8. The summed E-state index contributed by atoms with van der Waals surface area (Å²) in [5, 5.41) is 0. The summed E-state index contributed by atoms with van der Waals surface area (Å²) >= 11 is 3.76. The van der Waals surface area contributed by atoms with Crippen LogP contribution >= 0.6 is 15.9 Å². The van der Waals surface area contributed by atoms with Crippen molar-refractivity contribution in [2.75, 3.05) is 7.11 Å². The van der Waals surface area contributed by atoms with Crippen molar-refractivity contribution < 1.29 is 9.47 Å². The van der Waals surface area contributed by atoms with E-state index in [-0.39, 0.29) is 6.10 Å². The summed E-state index contributed by atoms with van der Waals surface area (Å²) in [6.07, 6.45) is 1.14. The number of ether oxygens (including phenoxy) is 2. The van der Waals surface area contributed by atoms with Gasteiger partial charge in [-0.3, -0.25) is 0 Å². The molecule has 0 aliphatic rings. The third kappa shape index (κ3) is 4.78. The van der Waals surface area contributed by atoms with Gasteiger partial charge in [0.2, 0.25) is 0 Å². The molecule has 0 saturated heterocycles. The van der Waals surface area contributed by atoms with Crippen LogP contribution in [0.25, 0.3) is 0 Å². The molecule has 2 rings (SSSR count). The lowest BCUT2D eigenvalue weighted by Gasteiger charge is -2.13. The largest absolute Gasteiger partial charge is 0.497 e. The van der Waals surface area contributed by atoms with Gasteiger partial charge in [0, 0.05) is 4.83 Å². The van der Waals surface area contributed by atoms with Gasteiger partial charge in [-0.15, -0.1) is 0 Å². The van der Waals surface area contributed by atoms with Gasteiger partial charge < -0.3 is 9.47 Å². The van der Waals surface area contributed by atoms with Crippen LogP contribution in [0.2, 0.25) is 0 Å². The Bertz CT molecular complexity index is 546. The lowest BCUT2D eigenvalue weighted by atomic mass is 10.0. The molecule has 2 aromatic carbocycles. The van der Waals surface area contributed by atoms with Crippen LogP contribution < -0.4 is 9.47 Å². The first kappa shape index (κ1) is 15.9. The van der Waals surface area contributed by atoms with Gasteiger partial charge in [0.25, 0.3) is 0 Å². The minimum Gasteiger partial charge on any atom is -0.497 e. The number of hydrogen-bond donors (Lipinski definition) is 0. The third-order valence-corrected chi connectivity index (χ3v) is 4.04. The molecule has 2 nitrogen and oxygen atoms in total. The van der Waals surface area contributed by atoms with Gasteiger partial charge in [-0.2, -0.15) is 0 Å². The highest BCUT2D eigenvalue weighted by Crippen LogP contribution is 2.29. The summed E-state index contributed by atoms with van der Waals surface area (Å²) in [4.78, 5) is 0.291. The van der Waals surface area contributed by atoms with Crippen molar-refractivity contribution >= 4 is 15.9 Å². The smallest absolute Gasteiger partial charge is 0.119 e. The number of methoxy groups -OCH3 is 1. The molecule has 3 heteroatoms. The highest BCUT2D eigenvalue weighted by molar-refractivity contribution is 9.09. The zero-order valence-electron chi connectivity index (χ0n) is 12.7. The second-order valence-corrected chi connectivity index (χ2v) is 6.36. The van der Waals surface area contributed by atoms with Gasteiger partial charge in [-0.05, 0) is 55.7 Å². The first-order valence-corrected chi connectivity index (χ1v) is 8.03. The van der Waals surface area contributed by atoms with Gasteiger partial charge in [-0.1, -0.05) is 40.2 Å². The quantitative estimate of drug-likeness (QED) is 0.671. The average molecular weight is 349 g/mol. The van der Waals surface area contributed by atoms with Crippen LogP contribution in [0.1, 0.15) is 29.8 Å². The molecule has 0 fully saturated rings. The standard InChI is InChI=1S/C18H21BrO2/c1-13(2)21-17-10-6-15(7-11-17)18(19)12-14-4-8-16(20-3)9-5-14/h4-11,13,18H,12H2,1-3H3. The highest BCUT2D eigenvalue weighted by atomic mass is 79.9. The molecule has 0 aliphatic heterocycles. The lowest BCUT2D eigenvalue weighted by Crippen LogP contribution is -2.05. The Labute approximate surface area is 135 Å². The van der Waals surface area contributed by atoms with Crippen LogP contribution in [0.5, 0.6) is 11.5 Å². The van der Waals surface area contributed by atoms with Gasteiger partial charge in [0.15, 0.2) is 0 Å². The second-order valence-electron chi connectivity index (χ2n) is 5.26. The molecule has 0 aromatic heterocycles. The molecule has 21 heavy (non-hydrogen) atoms. The van der Waals surface area contributed by atoms with Gasteiger partial charge in [-0.25, -0.2) is 0 Å². The number of halogens is 1. The van der Waals surface area contributed by atoms with Gasteiger partial charge >= 0.3 is 0 Å². The molecule has 1 atom stereocenters. The van der Waals surface area contributed by atoms with Crippen molar-refractivity contribution in [3.63, 3.8) is 0 Å². The van der Waals surface area contributed by atoms with Gasteiger partial charge in [0.1, 0.15) is 11.5 Å². The highest BCUT2D eigenvalue weighted by Gasteiger charge is 2.09. The molecule has 0 bridgehead atoms. The number of alkyl halides is 1. The fourth-order valence-electron chi connectivity index (χ4n) is 2.11. The van der Waals surface area contributed by atoms with Crippen LogP contribution in [0.15, 0.2) is 48.5 Å². The zero-order valence-corrected chi connectivity index (χ0v) is 14.3. The Morgan fingerprint density at radius 1 is 0.905 bits per heavy atom. The van der Waals surface area contributed by atoms with Crippen LogP contribution in [0.3, 0.4) is 0 Å². The predicted octanol–water partition coefficient (Wildman–Crippen LogP) is 5.16. The summed E-state index contributed by atoms with van der Waals surface area (Å²) in [7, 11) is 1.68. The van der Waals surface area contributed by atoms with E-state index in [1.807, 2.05) is 38.1 Å². The fourth-order valence-corrected chi connectivity index (χ4v) is 2.79. The molecule has 0 radical (unpaired) electrons. The molecule has 0 amide bonds. The van der Waals surface area contributed by atoms with Crippen molar-refractivity contribution in [2.45, 2.75) is 31.2 Å². The maximum absolute atomic E-state index is 5.66. The Kier molecular flexibility index (Phi) is 5.68. The maximum Gasteiger partial charge on any atom is 0.119 e. The monoisotopic (exact) mass is 348 g/mol. The molecule has 0 heterocycles. The summed E-state index contributed by atoms with van der Waals surface area (Å²) in [5.74, 6) is 1.80. The van der Waals surface area contributed by atoms with Crippen molar-refractivity contribution in [3.8, 4) is 11.5 Å². The van der Waals surface area contributed by atoms with E-state index >= 15 is 0 Å². The molecular formula is C18H21BrO2. The Morgan fingerprint density at radius 2 is 1.48 bits per heavy atom. The number of benzene rings is 2. The molecular weight excluding hydrogens is 328 g/mol. The fraction of sp³-hybridized carbons (Fsp3) is 0.333. The lowest BCUT2D eigenvalue weighted by molar-refractivity contribution is 0.242. The Hall–Kier alpha value is -1.48. The Morgan fingerprint density at radius 3 is 2.00 bits per heavy atom. The van der Waals surface area contributed by atoms with Crippen molar-refractivity contribution in [1.82, 2.24) is 0 Å². The number of hydrogen-bond acceptors (Lipinski definition) is 2. The molecule has 1 unspecified atom stereocenters. The molecule has 0 saturated carbocycles. The average Bonchev–Trinajstić information content (AvgIpc) is 2.48. The van der Waals surface area contributed by atoms with Crippen molar-refractivity contribution in [3.05, 3.63) is 59.7 Å². The molecule has 2 aromatic rings. The van der Waals surface area contributed by atoms with E-state index in [0.717, 1.165) is 17.9 Å². The van der Waals surface area contributed by atoms with E-state index in [2.05, 4.69) is 40.2 Å². The molecule has 0 spiro atoms. The molecule has 112 valence electrons. The minimum atomic E-state index is 0.204. The normalized spacial score (nSPS) is 12.2. The summed E-state index contributed by atoms with van der Waals surface area (Å²) in [6.45, 7) is 4.07. The van der Waals surface area contributed by atoms with Crippen LogP contribution in [0.4, 0.5) is 0 Å². The van der Waals surface area contributed by atoms with E-state index < -0.39 is 0 Å². The topological polar surface area (TPSA) is 18.5 Å². The predicted molar refractivity (Wildman–Crippen MR) is 90.6 cm³/mol. The molecule has 0 N–H and O–H groups in total. The van der Waals surface area contributed by atoms with Crippen molar-refractivity contribution in [1.29, 1.82) is 0 Å². The zero-order chi connectivity index (χ0) is 15.2.